The number of aliphatic imine (C=N–C) groups is 1. The summed E-state index contributed by atoms with van der Waals surface area (Å²) in [7, 11) is 1.71. The molecule has 0 amide bonds. The largest absolute Gasteiger partial charge is 0.382 e. The molecule has 0 unspecified atom stereocenters. The van der Waals surface area contributed by atoms with Crippen LogP contribution in [-0.2, 0) is 11.3 Å². The van der Waals surface area contributed by atoms with E-state index < -0.39 is 0 Å². The summed E-state index contributed by atoms with van der Waals surface area (Å²) in [5.74, 6) is 0.401. The molecule has 0 saturated carbocycles. The average molecular weight is 461 g/mol. The minimum Gasteiger partial charge on any atom is -0.382 e. The summed E-state index contributed by atoms with van der Waals surface area (Å²) in [6.07, 6.45) is 5.81. The van der Waals surface area contributed by atoms with E-state index in [9.17, 15) is 4.39 Å². The van der Waals surface area contributed by atoms with Gasteiger partial charge in [-0.1, -0.05) is 6.07 Å². The Bertz CT molecular complexity index is 648. The molecular formula is C17H25FIN5O. The van der Waals surface area contributed by atoms with Crippen LogP contribution >= 0.6 is 24.0 Å². The Morgan fingerprint density at radius 3 is 2.84 bits per heavy atom. The normalized spacial score (nSPS) is 11.1. The van der Waals surface area contributed by atoms with Gasteiger partial charge in [0.15, 0.2) is 5.96 Å². The number of aromatic nitrogens is 2. The fraction of sp³-hybridized carbons (Fsp3) is 0.412. The molecule has 0 saturated heterocycles. The summed E-state index contributed by atoms with van der Waals surface area (Å²) in [6, 6.07) is 5.14. The Morgan fingerprint density at radius 1 is 1.36 bits per heavy atom. The molecule has 1 aromatic heterocycles. The van der Waals surface area contributed by atoms with Crippen molar-refractivity contribution in [2.75, 3.05) is 26.8 Å². The number of guanidine groups is 1. The number of nitrogens with zero attached hydrogens (tertiary/aromatic N) is 3. The van der Waals surface area contributed by atoms with Crippen LogP contribution in [0.5, 0.6) is 0 Å². The first-order valence-electron chi connectivity index (χ1n) is 8.03. The maximum absolute atomic E-state index is 14.2. The summed E-state index contributed by atoms with van der Waals surface area (Å²) in [5, 5.41) is 6.37. The molecule has 1 aromatic carbocycles. The lowest BCUT2D eigenvalue weighted by molar-refractivity contribution is 0.145. The third-order valence-electron chi connectivity index (χ3n) is 3.44. The van der Waals surface area contributed by atoms with Gasteiger partial charge in [0, 0.05) is 45.7 Å². The van der Waals surface area contributed by atoms with Gasteiger partial charge in [0.25, 0.3) is 0 Å². The minimum absolute atomic E-state index is 0. The molecular weight excluding hydrogens is 436 g/mol. The predicted molar refractivity (Wildman–Crippen MR) is 108 cm³/mol. The van der Waals surface area contributed by atoms with Crippen molar-refractivity contribution >= 4 is 29.9 Å². The maximum atomic E-state index is 14.2. The van der Waals surface area contributed by atoms with E-state index >= 15 is 0 Å². The van der Waals surface area contributed by atoms with Gasteiger partial charge in [-0.2, -0.15) is 0 Å². The summed E-state index contributed by atoms with van der Waals surface area (Å²) >= 11 is 0. The van der Waals surface area contributed by atoms with Crippen LogP contribution in [0.15, 0.2) is 41.9 Å². The summed E-state index contributed by atoms with van der Waals surface area (Å²) < 4.78 is 21.1. The van der Waals surface area contributed by atoms with Gasteiger partial charge in [0.05, 0.1) is 12.0 Å². The van der Waals surface area contributed by atoms with Gasteiger partial charge in [-0.05, 0) is 31.0 Å². The third-order valence-corrected chi connectivity index (χ3v) is 3.44. The van der Waals surface area contributed by atoms with E-state index in [1.165, 1.54) is 6.07 Å². The molecule has 2 N–H and O–H groups in total. The number of rotatable bonds is 8. The summed E-state index contributed by atoms with van der Waals surface area (Å²) in [6.45, 7) is 4.69. The van der Waals surface area contributed by atoms with Crippen LogP contribution < -0.4 is 10.6 Å². The second-order valence-corrected chi connectivity index (χ2v) is 5.16. The SMILES string of the molecule is CCOCCCNC(=NC)NCc1ccc(-n2ccnc2)c(F)c1.I. The number of hydrogen-bond donors (Lipinski definition) is 2. The van der Waals surface area contributed by atoms with Crippen molar-refractivity contribution in [3.05, 3.63) is 48.3 Å². The van der Waals surface area contributed by atoms with Gasteiger partial charge in [-0.3, -0.25) is 4.99 Å². The molecule has 8 heteroatoms. The second kappa shape index (κ2) is 11.8. The predicted octanol–water partition coefficient (Wildman–Crippen LogP) is 2.72. The van der Waals surface area contributed by atoms with E-state index in [0.29, 0.717) is 18.2 Å². The fourth-order valence-electron chi connectivity index (χ4n) is 2.20. The lowest BCUT2D eigenvalue weighted by Crippen LogP contribution is -2.37. The molecule has 0 aliphatic heterocycles. The molecule has 0 radical (unpaired) electrons. The van der Waals surface area contributed by atoms with Crippen molar-refractivity contribution in [3.8, 4) is 5.69 Å². The Morgan fingerprint density at radius 2 is 2.20 bits per heavy atom. The highest BCUT2D eigenvalue weighted by Crippen LogP contribution is 2.14. The molecule has 1 heterocycles. The molecule has 0 spiro atoms. The van der Waals surface area contributed by atoms with E-state index in [2.05, 4.69) is 20.6 Å². The first-order valence-corrected chi connectivity index (χ1v) is 8.03. The van der Waals surface area contributed by atoms with E-state index in [-0.39, 0.29) is 29.8 Å². The third kappa shape index (κ3) is 6.99. The molecule has 25 heavy (non-hydrogen) atoms. The van der Waals surface area contributed by atoms with Crippen LogP contribution in [0.2, 0.25) is 0 Å². The van der Waals surface area contributed by atoms with Crippen molar-refractivity contribution in [1.29, 1.82) is 0 Å². The molecule has 0 aliphatic rings. The zero-order valence-corrected chi connectivity index (χ0v) is 16.9. The highest BCUT2D eigenvalue weighted by atomic mass is 127. The molecule has 0 fully saturated rings. The van der Waals surface area contributed by atoms with Crippen molar-refractivity contribution in [2.45, 2.75) is 19.9 Å². The average Bonchev–Trinajstić information content (AvgIpc) is 3.11. The van der Waals surface area contributed by atoms with E-state index in [1.54, 1.807) is 36.4 Å². The maximum Gasteiger partial charge on any atom is 0.191 e. The van der Waals surface area contributed by atoms with Gasteiger partial charge >= 0.3 is 0 Å². The van der Waals surface area contributed by atoms with Crippen LogP contribution in [0.3, 0.4) is 0 Å². The molecule has 6 nitrogen and oxygen atoms in total. The monoisotopic (exact) mass is 461 g/mol. The number of benzene rings is 1. The molecule has 2 aromatic rings. The summed E-state index contributed by atoms with van der Waals surface area (Å²) in [4.78, 5) is 8.08. The molecule has 138 valence electrons. The van der Waals surface area contributed by atoms with Crippen molar-refractivity contribution in [2.24, 2.45) is 4.99 Å². The Hall–Kier alpha value is -1.68. The van der Waals surface area contributed by atoms with E-state index in [1.807, 2.05) is 13.0 Å². The zero-order chi connectivity index (χ0) is 17.2. The number of nitrogens with one attached hydrogen (secondary N) is 2. The lowest BCUT2D eigenvalue weighted by atomic mass is 10.2. The van der Waals surface area contributed by atoms with Gasteiger partial charge in [-0.25, -0.2) is 9.37 Å². The quantitative estimate of drug-likeness (QED) is 0.275. The van der Waals surface area contributed by atoms with Crippen molar-refractivity contribution in [1.82, 2.24) is 20.2 Å². The van der Waals surface area contributed by atoms with Crippen LogP contribution in [0, 0.1) is 5.82 Å². The van der Waals surface area contributed by atoms with Gasteiger partial charge < -0.3 is 19.9 Å². The molecule has 2 rings (SSSR count). The van der Waals surface area contributed by atoms with Gasteiger partial charge in [-0.15, -0.1) is 24.0 Å². The summed E-state index contributed by atoms with van der Waals surface area (Å²) in [5.41, 5.74) is 1.32. The minimum atomic E-state index is -0.285. The van der Waals surface area contributed by atoms with Crippen LogP contribution in [0.1, 0.15) is 18.9 Å². The number of hydrogen-bond acceptors (Lipinski definition) is 3. The Balaban J connectivity index is 0.00000312. The standard InChI is InChI=1S/C17H24FN5O.HI/c1-3-24-10-4-7-21-17(19-2)22-12-14-5-6-16(15(18)11-14)23-9-8-20-13-23;/h5-6,8-9,11,13H,3-4,7,10,12H2,1-2H3,(H2,19,21,22);1H. The molecule has 0 aliphatic carbocycles. The van der Waals surface area contributed by atoms with E-state index in [0.717, 1.165) is 31.7 Å². The second-order valence-electron chi connectivity index (χ2n) is 5.16. The topological polar surface area (TPSA) is 63.5 Å². The van der Waals surface area contributed by atoms with E-state index in [4.69, 9.17) is 4.74 Å². The van der Waals surface area contributed by atoms with Crippen LogP contribution in [-0.4, -0.2) is 42.3 Å². The smallest absolute Gasteiger partial charge is 0.191 e. The first kappa shape index (κ1) is 21.4. The number of imidazole rings is 1. The van der Waals surface area contributed by atoms with Crippen LogP contribution in [0.25, 0.3) is 5.69 Å². The van der Waals surface area contributed by atoms with Crippen LogP contribution in [0.4, 0.5) is 4.39 Å². The number of halogens is 2. The lowest BCUT2D eigenvalue weighted by Gasteiger charge is -2.12. The zero-order valence-electron chi connectivity index (χ0n) is 14.5. The number of ether oxygens (including phenoxy) is 1. The van der Waals surface area contributed by atoms with Gasteiger partial charge in [0.2, 0.25) is 0 Å². The Kier molecular flexibility index (Phi) is 10.1. The first-order chi connectivity index (χ1) is 11.7. The molecule has 0 bridgehead atoms. The van der Waals surface area contributed by atoms with Gasteiger partial charge in [0.1, 0.15) is 5.82 Å². The van der Waals surface area contributed by atoms with Crippen molar-refractivity contribution in [3.63, 3.8) is 0 Å². The van der Waals surface area contributed by atoms with Crippen molar-refractivity contribution < 1.29 is 9.13 Å². The fourth-order valence-corrected chi connectivity index (χ4v) is 2.20. The molecule has 0 atom stereocenters. The Labute approximate surface area is 164 Å². The highest BCUT2D eigenvalue weighted by molar-refractivity contribution is 14.0. The highest BCUT2D eigenvalue weighted by Gasteiger charge is 2.06.